The lowest BCUT2D eigenvalue weighted by Gasteiger charge is -1.95. The molecule has 0 spiro atoms. The Balaban J connectivity index is 2.96. The third-order valence-electron chi connectivity index (χ3n) is 1.94. The number of aryl methyl sites for hydroxylation is 2. The number of nitro groups is 1. The maximum Gasteiger partial charge on any atom is 0.357 e. The molecule has 0 aliphatic carbocycles. The second-order valence-electron chi connectivity index (χ2n) is 3.05. The first-order chi connectivity index (χ1) is 7.00. The van der Waals surface area contributed by atoms with Gasteiger partial charge in [-0.1, -0.05) is 0 Å². The summed E-state index contributed by atoms with van der Waals surface area (Å²) in [5.41, 5.74) is -1.21. The highest BCUT2D eigenvalue weighted by Crippen LogP contribution is 2.09. The fourth-order valence-corrected chi connectivity index (χ4v) is 1.33. The van der Waals surface area contributed by atoms with Gasteiger partial charge in [0.25, 0.3) is 5.78 Å². The molecule has 2 aromatic heterocycles. The van der Waals surface area contributed by atoms with Gasteiger partial charge in [-0.15, -0.1) is 0 Å². The molecule has 2 aromatic rings. The van der Waals surface area contributed by atoms with E-state index in [-0.39, 0.29) is 11.5 Å². The lowest BCUT2D eigenvalue weighted by atomic mass is 10.4. The molecule has 78 valence electrons. The number of aromatic nitrogens is 4. The van der Waals surface area contributed by atoms with Crippen LogP contribution in [0.5, 0.6) is 0 Å². The second-order valence-corrected chi connectivity index (χ2v) is 3.05. The minimum Gasteiger partial charge on any atom is -0.275 e. The zero-order chi connectivity index (χ0) is 11.2. The third-order valence-corrected chi connectivity index (χ3v) is 1.94. The van der Waals surface area contributed by atoms with Crippen molar-refractivity contribution in [1.82, 2.24) is 19.6 Å². The van der Waals surface area contributed by atoms with E-state index in [0.717, 1.165) is 4.52 Å². The van der Waals surface area contributed by atoms with Crippen LogP contribution < -0.4 is 5.56 Å². The monoisotopic (exact) mass is 209 g/mol. The Morgan fingerprint density at radius 2 is 2.07 bits per heavy atom. The summed E-state index contributed by atoms with van der Waals surface area (Å²) in [7, 11) is 0. The molecule has 15 heavy (non-hydrogen) atoms. The molecule has 8 nitrogen and oxygen atoms in total. The zero-order valence-electron chi connectivity index (χ0n) is 8.01. The van der Waals surface area contributed by atoms with Crippen molar-refractivity contribution >= 4 is 11.5 Å². The molecule has 0 unspecified atom stereocenters. The number of fused-ring (bicyclic) bond motifs is 1. The first-order valence-electron chi connectivity index (χ1n) is 4.11. The highest BCUT2D eigenvalue weighted by atomic mass is 16.6. The van der Waals surface area contributed by atoms with E-state index in [1.807, 2.05) is 0 Å². The van der Waals surface area contributed by atoms with Crippen LogP contribution in [0.4, 0.5) is 5.69 Å². The minimum atomic E-state index is -0.747. The van der Waals surface area contributed by atoms with Gasteiger partial charge < -0.3 is 0 Å². The summed E-state index contributed by atoms with van der Waals surface area (Å²) in [4.78, 5) is 29.2. The van der Waals surface area contributed by atoms with Crippen LogP contribution in [0.25, 0.3) is 5.78 Å². The van der Waals surface area contributed by atoms with Crippen LogP contribution in [0.1, 0.15) is 11.5 Å². The number of H-pyrrole nitrogens is 1. The van der Waals surface area contributed by atoms with Gasteiger partial charge in [0, 0.05) is 0 Å². The summed E-state index contributed by atoms with van der Waals surface area (Å²) >= 11 is 0. The Morgan fingerprint density at radius 3 is 2.67 bits per heavy atom. The van der Waals surface area contributed by atoms with Gasteiger partial charge in [0.1, 0.15) is 11.5 Å². The number of hydrogen-bond acceptors (Lipinski definition) is 5. The fraction of sp³-hybridized carbons (Fsp3) is 0.286. The largest absolute Gasteiger partial charge is 0.357 e. The third kappa shape index (κ3) is 1.26. The Bertz CT molecular complexity index is 611. The SMILES string of the molecule is Cc1nc2nc(C)c([N+](=O)[O-])c(=O)n2[nH]1. The fourth-order valence-electron chi connectivity index (χ4n) is 1.33. The minimum absolute atomic E-state index is 0.0662. The van der Waals surface area contributed by atoms with Crippen LogP contribution >= 0.6 is 0 Å². The maximum atomic E-state index is 11.6. The quantitative estimate of drug-likeness (QED) is 0.523. The van der Waals surface area contributed by atoms with Crippen molar-refractivity contribution < 1.29 is 4.92 Å². The van der Waals surface area contributed by atoms with Crippen LogP contribution in [-0.2, 0) is 0 Å². The zero-order valence-corrected chi connectivity index (χ0v) is 8.01. The molecule has 0 saturated carbocycles. The van der Waals surface area contributed by atoms with Crippen LogP contribution in [0.2, 0.25) is 0 Å². The van der Waals surface area contributed by atoms with Gasteiger partial charge in [0.15, 0.2) is 0 Å². The van der Waals surface area contributed by atoms with E-state index in [1.165, 1.54) is 6.92 Å². The molecule has 2 heterocycles. The number of nitrogens with zero attached hydrogens (tertiary/aromatic N) is 4. The van der Waals surface area contributed by atoms with E-state index in [4.69, 9.17) is 0 Å². The molecule has 0 aliphatic rings. The van der Waals surface area contributed by atoms with Crippen molar-refractivity contribution in [2.45, 2.75) is 13.8 Å². The van der Waals surface area contributed by atoms with Gasteiger partial charge in [-0.25, -0.2) is 4.98 Å². The van der Waals surface area contributed by atoms with Gasteiger partial charge in [-0.05, 0) is 13.8 Å². The van der Waals surface area contributed by atoms with E-state index < -0.39 is 16.2 Å². The lowest BCUT2D eigenvalue weighted by molar-refractivity contribution is -0.387. The molecule has 0 atom stereocenters. The van der Waals surface area contributed by atoms with Crippen LogP contribution in [0, 0.1) is 24.0 Å². The molecular formula is C7H7N5O3. The van der Waals surface area contributed by atoms with Crippen molar-refractivity contribution in [3.05, 3.63) is 32.0 Å². The van der Waals surface area contributed by atoms with E-state index in [2.05, 4.69) is 15.1 Å². The molecule has 0 saturated heterocycles. The molecule has 2 rings (SSSR count). The Hall–Kier alpha value is -2.25. The summed E-state index contributed by atoms with van der Waals surface area (Å²) in [6.45, 7) is 3.04. The highest BCUT2D eigenvalue weighted by molar-refractivity contribution is 5.39. The number of hydrogen-bond donors (Lipinski definition) is 1. The van der Waals surface area contributed by atoms with Crippen molar-refractivity contribution in [2.24, 2.45) is 0 Å². The average molecular weight is 209 g/mol. The maximum absolute atomic E-state index is 11.6. The number of rotatable bonds is 1. The van der Waals surface area contributed by atoms with Gasteiger partial charge in [-0.3, -0.25) is 20.0 Å². The molecule has 0 fully saturated rings. The van der Waals surface area contributed by atoms with Crippen molar-refractivity contribution in [1.29, 1.82) is 0 Å². The predicted molar refractivity (Wildman–Crippen MR) is 49.7 cm³/mol. The molecular weight excluding hydrogens is 202 g/mol. The highest BCUT2D eigenvalue weighted by Gasteiger charge is 2.21. The second kappa shape index (κ2) is 2.87. The normalized spacial score (nSPS) is 10.8. The summed E-state index contributed by atoms with van der Waals surface area (Å²) in [6.07, 6.45) is 0. The van der Waals surface area contributed by atoms with E-state index in [0.29, 0.717) is 5.82 Å². The van der Waals surface area contributed by atoms with Gasteiger partial charge in [-0.2, -0.15) is 9.50 Å². The van der Waals surface area contributed by atoms with Crippen LogP contribution in [0.15, 0.2) is 4.79 Å². The van der Waals surface area contributed by atoms with Crippen molar-refractivity contribution in [3.8, 4) is 0 Å². The smallest absolute Gasteiger partial charge is 0.275 e. The van der Waals surface area contributed by atoms with Crippen LogP contribution in [0.3, 0.4) is 0 Å². The number of aromatic amines is 1. The summed E-state index contributed by atoms with van der Waals surface area (Å²) < 4.78 is 0.959. The predicted octanol–water partition coefficient (Wildman–Crippen LogP) is -0.0574. The molecule has 0 bridgehead atoms. The Kier molecular flexibility index (Phi) is 1.78. The van der Waals surface area contributed by atoms with Gasteiger partial charge in [0.2, 0.25) is 0 Å². The number of nitrogens with one attached hydrogen (secondary N) is 1. The first kappa shape index (κ1) is 9.31. The summed E-state index contributed by atoms with van der Waals surface area (Å²) in [5, 5.41) is 13.2. The van der Waals surface area contributed by atoms with E-state index >= 15 is 0 Å². The molecule has 0 amide bonds. The summed E-state index contributed by atoms with van der Waals surface area (Å²) in [5.74, 6) is 0.611. The van der Waals surface area contributed by atoms with Crippen molar-refractivity contribution in [2.75, 3.05) is 0 Å². The topological polar surface area (TPSA) is 106 Å². The molecule has 0 aliphatic heterocycles. The van der Waals surface area contributed by atoms with Crippen molar-refractivity contribution in [3.63, 3.8) is 0 Å². The standard InChI is InChI=1S/C7H7N5O3/c1-3-5(12(14)15)6(13)11-7(8-3)9-4(2)10-11/h1-2H3,(H,8,9,10). The molecule has 0 aromatic carbocycles. The lowest BCUT2D eigenvalue weighted by Crippen LogP contribution is -2.20. The first-order valence-corrected chi connectivity index (χ1v) is 4.11. The van der Waals surface area contributed by atoms with E-state index in [9.17, 15) is 14.9 Å². The molecule has 8 heteroatoms. The van der Waals surface area contributed by atoms with Gasteiger partial charge in [0.05, 0.1) is 4.92 Å². The molecule has 1 N–H and O–H groups in total. The Labute approximate surface area is 82.7 Å². The molecule has 0 radical (unpaired) electrons. The summed E-state index contributed by atoms with van der Waals surface area (Å²) in [6, 6.07) is 0. The average Bonchev–Trinajstić information content (AvgIpc) is 2.45. The Morgan fingerprint density at radius 1 is 1.40 bits per heavy atom. The van der Waals surface area contributed by atoms with Gasteiger partial charge >= 0.3 is 11.2 Å². The van der Waals surface area contributed by atoms with Crippen LogP contribution in [-0.4, -0.2) is 24.5 Å². The van der Waals surface area contributed by atoms with E-state index in [1.54, 1.807) is 6.92 Å².